The summed E-state index contributed by atoms with van der Waals surface area (Å²) >= 11 is 0. The Bertz CT molecular complexity index is 406. The van der Waals surface area contributed by atoms with Gasteiger partial charge in [-0.3, -0.25) is 4.79 Å². The molecule has 0 radical (unpaired) electrons. The Balaban J connectivity index is 1.62. The highest BCUT2D eigenvalue weighted by atomic mass is 16.2. The van der Waals surface area contributed by atoms with Gasteiger partial charge in [-0.2, -0.15) is 0 Å². The summed E-state index contributed by atoms with van der Waals surface area (Å²) in [5.41, 5.74) is 0.434. The van der Waals surface area contributed by atoms with E-state index in [9.17, 15) is 4.79 Å². The van der Waals surface area contributed by atoms with Crippen molar-refractivity contribution in [2.75, 3.05) is 13.1 Å². The maximum atomic E-state index is 11.9. The van der Waals surface area contributed by atoms with E-state index in [1.807, 2.05) is 0 Å². The number of amides is 1. The summed E-state index contributed by atoms with van der Waals surface area (Å²) in [6.07, 6.45) is 6.35. The molecule has 0 unspecified atom stereocenters. The van der Waals surface area contributed by atoms with Gasteiger partial charge in [-0.25, -0.2) is 4.68 Å². The zero-order valence-corrected chi connectivity index (χ0v) is 9.72. The van der Waals surface area contributed by atoms with Gasteiger partial charge in [0.25, 0.3) is 5.91 Å². The van der Waals surface area contributed by atoms with Gasteiger partial charge in [-0.05, 0) is 12.8 Å². The molecule has 92 valence electrons. The van der Waals surface area contributed by atoms with Crippen molar-refractivity contribution >= 4 is 5.91 Å². The SMILES string of the molecule is O=C(NC1CCCC1)c1cn(C2CNC2)nn1. The van der Waals surface area contributed by atoms with Crippen LogP contribution in [0.2, 0.25) is 0 Å². The predicted molar refractivity (Wildman–Crippen MR) is 61.7 cm³/mol. The van der Waals surface area contributed by atoms with E-state index in [2.05, 4.69) is 20.9 Å². The van der Waals surface area contributed by atoms with Crippen LogP contribution in [0.5, 0.6) is 0 Å². The summed E-state index contributed by atoms with van der Waals surface area (Å²) in [4.78, 5) is 11.9. The van der Waals surface area contributed by atoms with Crippen LogP contribution in [-0.2, 0) is 0 Å². The fourth-order valence-electron chi connectivity index (χ4n) is 2.35. The van der Waals surface area contributed by atoms with Crippen molar-refractivity contribution in [3.63, 3.8) is 0 Å². The smallest absolute Gasteiger partial charge is 0.273 e. The first-order valence-corrected chi connectivity index (χ1v) is 6.26. The minimum atomic E-state index is -0.0876. The molecule has 17 heavy (non-hydrogen) atoms. The van der Waals surface area contributed by atoms with Crippen LogP contribution in [0.3, 0.4) is 0 Å². The van der Waals surface area contributed by atoms with Gasteiger partial charge in [0, 0.05) is 19.1 Å². The van der Waals surface area contributed by atoms with Crippen molar-refractivity contribution in [1.29, 1.82) is 0 Å². The molecule has 2 N–H and O–H groups in total. The van der Waals surface area contributed by atoms with Gasteiger partial charge < -0.3 is 10.6 Å². The lowest BCUT2D eigenvalue weighted by molar-refractivity contribution is 0.0932. The zero-order chi connectivity index (χ0) is 11.7. The lowest BCUT2D eigenvalue weighted by Gasteiger charge is -2.26. The highest BCUT2D eigenvalue weighted by molar-refractivity contribution is 5.92. The van der Waals surface area contributed by atoms with Crippen molar-refractivity contribution in [3.8, 4) is 0 Å². The molecule has 0 spiro atoms. The van der Waals surface area contributed by atoms with E-state index in [1.54, 1.807) is 10.9 Å². The van der Waals surface area contributed by atoms with Crippen LogP contribution < -0.4 is 10.6 Å². The van der Waals surface area contributed by atoms with Crippen molar-refractivity contribution in [3.05, 3.63) is 11.9 Å². The Morgan fingerprint density at radius 3 is 2.82 bits per heavy atom. The monoisotopic (exact) mass is 235 g/mol. The Morgan fingerprint density at radius 1 is 1.41 bits per heavy atom. The third-order valence-corrected chi connectivity index (χ3v) is 3.57. The van der Waals surface area contributed by atoms with Crippen LogP contribution in [0.15, 0.2) is 6.20 Å². The predicted octanol–water partition coefficient (Wildman–Crippen LogP) is 0.0948. The van der Waals surface area contributed by atoms with Crippen molar-refractivity contribution < 1.29 is 4.79 Å². The second kappa shape index (κ2) is 4.44. The van der Waals surface area contributed by atoms with Gasteiger partial charge >= 0.3 is 0 Å². The molecular weight excluding hydrogens is 218 g/mol. The van der Waals surface area contributed by atoms with Crippen LogP contribution >= 0.6 is 0 Å². The summed E-state index contributed by atoms with van der Waals surface area (Å²) < 4.78 is 1.78. The van der Waals surface area contributed by atoms with Crippen LogP contribution in [0.1, 0.15) is 42.2 Å². The number of nitrogens with zero attached hydrogens (tertiary/aromatic N) is 3. The van der Waals surface area contributed by atoms with Gasteiger partial charge in [0.2, 0.25) is 0 Å². The Labute approximate surface area is 99.8 Å². The number of carbonyl (C=O) groups is 1. The summed E-state index contributed by atoms with van der Waals surface area (Å²) in [7, 11) is 0. The van der Waals surface area contributed by atoms with E-state index in [4.69, 9.17) is 0 Å². The van der Waals surface area contributed by atoms with Crippen LogP contribution in [-0.4, -0.2) is 40.0 Å². The number of hydrogen-bond acceptors (Lipinski definition) is 4. The molecule has 1 saturated carbocycles. The molecule has 1 aromatic rings. The van der Waals surface area contributed by atoms with Gasteiger partial charge in [0.1, 0.15) is 0 Å². The number of aromatic nitrogens is 3. The molecule has 2 aliphatic rings. The van der Waals surface area contributed by atoms with Gasteiger partial charge in [-0.1, -0.05) is 18.1 Å². The zero-order valence-electron chi connectivity index (χ0n) is 9.72. The Hall–Kier alpha value is -1.43. The van der Waals surface area contributed by atoms with E-state index >= 15 is 0 Å². The first kappa shape index (κ1) is 10.7. The highest BCUT2D eigenvalue weighted by Gasteiger charge is 2.23. The van der Waals surface area contributed by atoms with Crippen molar-refractivity contribution in [1.82, 2.24) is 25.6 Å². The quantitative estimate of drug-likeness (QED) is 0.779. The molecule has 3 rings (SSSR count). The second-order valence-electron chi connectivity index (χ2n) is 4.85. The third-order valence-electron chi connectivity index (χ3n) is 3.57. The van der Waals surface area contributed by atoms with E-state index in [1.165, 1.54) is 12.8 Å². The first-order chi connectivity index (χ1) is 8.33. The van der Waals surface area contributed by atoms with Crippen molar-refractivity contribution in [2.45, 2.75) is 37.8 Å². The molecule has 1 aromatic heterocycles. The fourth-order valence-corrected chi connectivity index (χ4v) is 2.35. The van der Waals surface area contributed by atoms with Crippen LogP contribution in [0.25, 0.3) is 0 Å². The average molecular weight is 235 g/mol. The van der Waals surface area contributed by atoms with E-state index in [-0.39, 0.29) is 5.91 Å². The number of carbonyl (C=O) groups excluding carboxylic acids is 1. The first-order valence-electron chi connectivity index (χ1n) is 6.26. The fraction of sp³-hybridized carbons (Fsp3) is 0.727. The molecule has 0 aromatic carbocycles. The minimum absolute atomic E-state index is 0.0876. The molecule has 1 aliphatic carbocycles. The van der Waals surface area contributed by atoms with Gasteiger partial charge in [0.05, 0.1) is 12.2 Å². The number of nitrogens with one attached hydrogen (secondary N) is 2. The summed E-state index contributed by atoms with van der Waals surface area (Å²) in [5.74, 6) is -0.0876. The molecule has 2 fully saturated rings. The normalized spacial score (nSPS) is 21.4. The van der Waals surface area contributed by atoms with Gasteiger partial charge in [-0.15, -0.1) is 5.10 Å². The molecule has 2 heterocycles. The standard InChI is InChI=1S/C11H17N5O/c17-11(13-8-3-1-2-4-8)10-7-16(15-14-10)9-5-12-6-9/h7-9,12H,1-6H2,(H,13,17). The van der Waals surface area contributed by atoms with Crippen LogP contribution in [0.4, 0.5) is 0 Å². The molecule has 6 heteroatoms. The van der Waals surface area contributed by atoms with Crippen molar-refractivity contribution in [2.24, 2.45) is 0 Å². The van der Waals surface area contributed by atoms with E-state index in [0.717, 1.165) is 25.9 Å². The maximum absolute atomic E-state index is 11.9. The molecule has 6 nitrogen and oxygen atoms in total. The van der Waals surface area contributed by atoms with E-state index < -0.39 is 0 Å². The van der Waals surface area contributed by atoms with Crippen LogP contribution in [0, 0.1) is 0 Å². The molecule has 0 bridgehead atoms. The lowest BCUT2D eigenvalue weighted by atomic mass is 10.2. The number of rotatable bonds is 3. The average Bonchev–Trinajstić information content (AvgIpc) is 2.85. The molecule has 1 aliphatic heterocycles. The highest BCUT2D eigenvalue weighted by Crippen LogP contribution is 2.18. The number of hydrogen-bond donors (Lipinski definition) is 2. The summed E-state index contributed by atoms with van der Waals surface area (Å²) in [6, 6.07) is 0.688. The molecule has 1 amide bonds. The molecular formula is C11H17N5O. The Kier molecular flexibility index (Phi) is 2.80. The molecule has 0 atom stereocenters. The minimum Gasteiger partial charge on any atom is -0.348 e. The maximum Gasteiger partial charge on any atom is 0.273 e. The molecule has 1 saturated heterocycles. The van der Waals surface area contributed by atoms with E-state index in [0.29, 0.717) is 17.8 Å². The summed E-state index contributed by atoms with van der Waals surface area (Å²) in [6.45, 7) is 1.82. The second-order valence-corrected chi connectivity index (χ2v) is 4.85. The van der Waals surface area contributed by atoms with Gasteiger partial charge in [0.15, 0.2) is 5.69 Å². The largest absolute Gasteiger partial charge is 0.348 e. The summed E-state index contributed by atoms with van der Waals surface area (Å²) in [5, 5.41) is 14.1. The third kappa shape index (κ3) is 2.17. The Morgan fingerprint density at radius 2 is 2.18 bits per heavy atom. The lowest BCUT2D eigenvalue weighted by Crippen LogP contribution is -2.43. The topological polar surface area (TPSA) is 71.8 Å².